The van der Waals surface area contributed by atoms with Crippen LogP contribution in [-0.4, -0.2) is 31.7 Å². The molecule has 0 aliphatic heterocycles. The van der Waals surface area contributed by atoms with E-state index in [-0.39, 0.29) is 12.5 Å². The fourth-order valence-corrected chi connectivity index (χ4v) is 2.01. The van der Waals surface area contributed by atoms with Crippen LogP contribution in [0.2, 0.25) is 0 Å². The molecule has 1 amide bonds. The summed E-state index contributed by atoms with van der Waals surface area (Å²) in [6.45, 7) is 1.10. The van der Waals surface area contributed by atoms with Gasteiger partial charge in [0.15, 0.2) is 0 Å². The second-order valence-corrected chi connectivity index (χ2v) is 4.61. The van der Waals surface area contributed by atoms with Crippen molar-refractivity contribution in [2.24, 2.45) is 17.6 Å². The van der Waals surface area contributed by atoms with E-state index in [2.05, 4.69) is 5.32 Å². The second kappa shape index (κ2) is 4.94. The molecule has 0 atom stereocenters. The largest absolute Gasteiger partial charge is 0.370 e. The number of ether oxygens (including phenoxy) is 1. The summed E-state index contributed by atoms with van der Waals surface area (Å²) in [6.07, 6.45) is 5.13. The zero-order valence-electron chi connectivity index (χ0n) is 9.08. The van der Waals surface area contributed by atoms with Gasteiger partial charge in [-0.2, -0.15) is 0 Å². The average molecular weight is 212 g/mol. The molecule has 0 spiro atoms. The Hall–Kier alpha value is -0.610. The summed E-state index contributed by atoms with van der Waals surface area (Å²) in [5.41, 5.74) is 5.28. The standard InChI is InChI=1S/C11H20N2O2/c12-5-6-15-7-10(14)13-11(8-1-2-8)9-3-4-9/h8-9,11H,1-7,12H2,(H,13,14). The molecule has 0 heterocycles. The average Bonchev–Trinajstić information content (AvgIpc) is 3.05. The highest BCUT2D eigenvalue weighted by molar-refractivity contribution is 5.77. The first-order chi connectivity index (χ1) is 7.31. The lowest BCUT2D eigenvalue weighted by Crippen LogP contribution is -2.40. The number of nitrogens with one attached hydrogen (secondary N) is 1. The quantitative estimate of drug-likeness (QED) is 0.595. The molecule has 0 aromatic heterocycles. The van der Waals surface area contributed by atoms with Crippen LogP contribution in [0.3, 0.4) is 0 Å². The van der Waals surface area contributed by atoms with Crippen LogP contribution in [0.15, 0.2) is 0 Å². The van der Waals surface area contributed by atoms with Gasteiger partial charge in [0.2, 0.25) is 5.91 Å². The molecule has 0 bridgehead atoms. The van der Waals surface area contributed by atoms with Gasteiger partial charge in [-0.3, -0.25) is 4.79 Å². The fraction of sp³-hybridized carbons (Fsp3) is 0.909. The van der Waals surface area contributed by atoms with Gasteiger partial charge in [-0.1, -0.05) is 0 Å². The first kappa shape index (κ1) is 10.9. The van der Waals surface area contributed by atoms with Crippen LogP contribution in [-0.2, 0) is 9.53 Å². The molecule has 0 aromatic carbocycles. The highest BCUT2D eigenvalue weighted by Gasteiger charge is 2.42. The fourth-order valence-electron chi connectivity index (χ4n) is 2.01. The number of rotatable bonds is 7. The minimum absolute atomic E-state index is 0.0206. The van der Waals surface area contributed by atoms with E-state index in [1.54, 1.807) is 0 Å². The number of carbonyl (C=O) groups excluding carboxylic acids is 1. The maximum atomic E-state index is 11.5. The molecule has 2 fully saturated rings. The third-order valence-electron chi connectivity index (χ3n) is 3.08. The lowest BCUT2D eigenvalue weighted by molar-refractivity contribution is -0.126. The summed E-state index contributed by atoms with van der Waals surface area (Å²) >= 11 is 0. The van der Waals surface area contributed by atoms with E-state index in [1.165, 1.54) is 25.7 Å². The molecule has 86 valence electrons. The Morgan fingerprint density at radius 1 is 1.33 bits per heavy atom. The van der Waals surface area contributed by atoms with Crippen molar-refractivity contribution in [2.45, 2.75) is 31.7 Å². The maximum Gasteiger partial charge on any atom is 0.246 e. The molecule has 0 unspecified atom stereocenters. The van der Waals surface area contributed by atoms with Crippen LogP contribution >= 0.6 is 0 Å². The van der Waals surface area contributed by atoms with E-state index in [1.807, 2.05) is 0 Å². The van der Waals surface area contributed by atoms with Crippen LogP contribution in [0.25, 0.3) is 0 Å². The van der Waals surface area contributed by atoms with Crippen LogP contribution < -0.4 is 11.1 Å². The van der Waals surface area contributed by atoms with Gasteiger partial charge in [0.1, 0.15) is 6.61 Å². The Morgan fingerprint density at radius 2 is 1.93 bits per heavy atom. The first-order valence-corrected chi connectivity index (χ1v) is 5.88. The Kier molecular flexibility index (Phi) is 3.59. The predicted octanol–water partition coefficient (Wildman–Crippen LogP) is 0.266. The molecule has 0 aromatic rings. The molecule has 15 heavy (non-hydrogen) atoms. The van der Waals surface area contributed by atoms with Crippen molar-refractivity contribution in [2.75, 3.05) is 19.8 Å². The highest BCUT2D eigenvalue weighted by atomic mass is 16.5. The van der Waals surface area contributed by atoms with Crippen LogP contribution in [0.4, 0.5) is 0 Å². The van der Waals surface area contributed by atoms with Crippen molar-refractivity contribution >= 4 is 5.91 Å². The van der Waals surface area contributed by atoms with E-state index < -0.39 is 0 Å². The summed E-state index contributed by atoms with van der Waals surface area (Å²) in [6, 6.07) is 0.430. The smallest absolute Gasteiger partial charge is 0.246 e. The Morgan fingerprint density at radius 3 is 2.40 bits per heavy atom. The van der Waals surface area contributed by atoms with E-state index in [9.17, 15) is 4.79 Å². The first-order valence-electron chi connectivity index (χ1n) is 5.88. The molecule has 2 aliphatic carbocycles. The summed E-state index contributed by atoms with van der Waals surface area (Å²) in [4.78, 5) is 11.5. The van der Waals surface area contributed by atoms with Crippen LogP contribution in [0, 0.1) is 11.8 Å². The lowest BCUT2D eigenvalue weighted by Gasteiger charge is -2.17. The highest BCUT2D eigenvalue weighted by Crippen LogP contribution is 2.44. The number of carbonyl (C=O) groups is 1. The van der Waals surface area contributed by atoms with Crippen LogP contribution in [0.1, 0.15) is 25.7 Å². The molecule has 2 saturated carbocycles. The SMILES string of the molecule is NCCOCC(=O)NC(C1CC1)C1CC1. The predicted molar refractivity (Wildman–Crippen MR) is 57.3 cm³/mol. The zero-order chi connectivity index (χ0) is 10.7. The van der Waals surface area contributed by atoms with Gasteiger partial charge < -0.3 is 15.8 Å². The number of hydrogen-bond acceptors (Lipinski definition) is 3. The summed E-state index contributed by atoms with van der Waals surface area (Å²) < 4.78 is 5.11. The number of nitrogens with two attached hydrogens (primary N) is 1. The van der Waals surface area contributed by atoms with Crippen LogP contribution in [0.5, 0.6) is 0 Å². The lowest BCUT2D eigenvalue weighted by atomic mass is 10.1. The third kappa shape index (κ3) is 3.47. The molecule has 2 rings (SSSR count). The van der Waals surface area contributed by atoms with Gasteiger partial charge in [-0.25, -0.2) is 0 Å². The second-order valence-electron chi connectivity index (χ2n) is 4.61. The Bertz CT molecular complexity index is 213. The monoisotopic (exact) mass is 212 g/mol. The van der Waals surface area contributed by atoms with E-state index >= 15 is 0 Å². The van der Waals surface area contributed by atoms with E-state index in [4.69, 9.17) is 10.5 Å². The normalized spacial score (nSPS) is 20.7. The minimum Gasteiger partial charge on any atom is -0.370 e. The van der Waals surface area contributed by atoms with Gasteiger partial charge in [0, 0.05) is 12.6 Å². The van der Waals surface area contributed by atoms with E-state index in [0.717, 1.165) is 11.8 Å². The van der Waals surface area contributed by atoms with Crippen molar-refractivity contribution in [1.82, 2.24) is 5.32 Å². The van der Waals surface area contributed by atoms with Crippen molar-refractivity contribution in [3.05, 3.63) is 0 Å². The summed E-state index contributed by atoms with van der Waals surface area (Å²) in [5.74, 6) is 1.51. The molecule has 4 heteroatoms. The molecule has 3 N–H and O–H groups in total. The van der Waals surface area contributed by atoms with Crippen molar-refractivity contribution in [3.63, 3.8) is 0 Å². The van der Waals surface area contributed by atoms with Gasteiger partial charge in [-0.15, -0.1) is 0 Å². The topological polar surface area (TPSA) is 64.3 Å². The zero-order valence-corrected chi connectivity index (χ0v) is 9.08. The summed E-state index contributed by atoms with van der Waals surface area (Å²) in [7, 11) is 0. The molecule has 4 nitrogen and oxygen atoms in total. The Balaban J connectivity index is 1.66. The van der Waals surface area contributed by atoms with Gasteiger partial charge in [-0.05, 0) is 37.5 Å². The minimum atomic E-state index is 0.0206. The molecule has 2 aliphatic rings. The van der Waals surface area contributed by atoms with Gasteiger partial charge >= 0.3 is 0 Å². The molecule has 0 radical (unpaired) electrons. The molecule has 0 saturated heterocycles. The van der Waals surface area contributed by atoms with Crippen molar-refractivity contribution in [3.8, 4) is 0 Å². The third-order valence-corrected chi connectivity index (χ3v) is 3.08. The number of hydrogen-bond donors (Lipinski definition) is 2. The van der Waals surface area contributed by atoms with Gasteiger partial charge in [0.05, 0.1) is 6.61 Å². The van der Waals surface area contributed by atoms with Crippen molar-refractivity contribution < 1.29 is 9.53 Å². The Labute approximate surface area is 90.5 Å². The molecular formula is C11H20N2O2. The maximum absolute atomic E-state index is 11.5. The van der Waals surface area contributed by atoms with Crippen molar-refractivity contribution in [1.29, 1.82) is 0 Å². The molecular weight excluding hydrogens is 192 g/mol. The van der Waals surface area contributed by atoms with Gasteiger partial charge in [0.25, 0.3) is 0 Å². The number of amides is 1. The summed E-state index contributed by atoms with van der Waals surface area (Å²) in [5, 5.41) is 3.10. The van der Waals surface area contributed by atoms with E-state index in [0.29, 0.717) is 19.2 Å².